The number of rotatable bonds is 8. The molecule has 0 spiro atoms. The van der Waals surface area contributed by atoms with Gasteiger partial charge in [0.25, 0.3) is 5.91 Å². The Hall–Kier alpha value is -3.75. The molecule has 1 saturated heterocycles. The van der Waals surface area contributed by atoms with Crippen LogP contribution in [0.2, 0.25) is 0 Å². The Morgan fingerprint density at radius 1 is 1.00 bits per heavy atom. The highest BCUT2D eigenvalue weighted by Crippen LogP contribution is 2.39. The Kier molecular flexibility index (Phi) is 8.00. The highest BCUT2D eigenvalue weighted by atomic mass is 79.9. The van der Waals surface area contributed by atoms with Gasteiger partial charge in [-0.2, -0.15) is 0 Å². The van der Waals surface area contributed by atoms with Crippen molar-refractivity contribution < 1.29 is 19.0 Å². The second-order valence-corrected chi connectivity index (χ2v) is 10.3. The average Bonchev–Trinajstić information content (AvgIpc) is 3.27. The molecule has 0 unspecified atom stereocenters. The van der Waals surface area contributed by atoms with Crippen LogP contribution in [0.1, 0.15) is 18.1 Å². The fourth-order valence-corrected chi connectivity index (χ4v) is 5.48. The molecule has 0 aliphatic carbocycles. The molecule has 38 heavy (non-hydrogen) atoms. The van der Waals surface area contributed by atoms with E-state index in [1.807, 2.05) is 67.6 Å². The molecule has 1 amide bonds. The number of carbonyl (C=O) groups excluding carboxylic acids is 1. The maximum absolute atomic E-state index is 12.6. The third kappa shape index (κ3) is 5.87. The van der Waals surface area contributed by atoms with Crippen molar-refractivity contribution in [2.45, 2.75) is 13.5 Å². The largest absolute Gasteiger partial charge is 0.494 e. The number of benzene rings is 4. The first kappa shape index (κ1) is 25.9. The zero-order valence-electron chi connectivity index (χ0n) is 20.9. The molecule has 1 fully saturated rings. The number of amidine groups is 1. The van der Waals surface area contributed by atoms with Gasteiger partial charge in [-0.05, 0) is 99.0 Å². The molecule has 5 rings (SSSR count). The van der Waals surface area contributed by atoms with Gasteiger partial charge in [0.15, 0.2) is 16.7 Å². The number of fused-ring (bicyclic) bond motifs is 1. The van der Waals surface area contributed by atoms with Gasteiger partial charge in [-0.3, -0.25) is 4.79 Å². The van der Waals surface area contributed by atoms with Crippen molar-refractivity contribution in [1.29, 1.82) is 0 Å². The third-order valence-electron chi connectivity index (χ3n) is 5.83. The number of hydrogen-bond donors (Lipinski definition) is 1. The lowest BCUT2D eigenvalue weighted by Crippen LogP contribution is -2.19. The van der Waals surface area contributed by atoms with Crippen LogP contribution in [0.25, 0.3) is 16.8 Å². The summed E-state index contributed by atoms with van der Waals surface area (Å²) in [5, 5.41) is 5.66. The molecule has 8 heteroatoms. The minimum atomic E-state index is -0.203. The highest BCUT2D eigenvalue weighted by molar-refractivity contribution is 9.10. The summed E-state index contributed by atoms with van der Waals surface area (Å²) in [7, 11) is 1.60. The van der Waals surface area contributed by atoms with Crippen LogP contribution in [-0.2, 0) is 11.4 Å². The normalized spacial score (nSPS) is 15.2. The van der Waals surface area contributed by atoms with Crippen molar-refractivity contribution in [3.63, 3.8) is 0 Å². The van der Waals surface area contributed by atoms with Gasteiger partial charge in [0.2, 0.25) is 0 Å². The van der Waals surface area contributed by atoms with Crippen LogP contribution in [0.4, 0.5) is 5.69 Å². The number of ether oxygens (including phenoxy) is 3. The lowest BCUT2D eigenvalue weighted by atomic mass is 10.1. The van der Waals surface area contributed by atoms with Crippen molar-refractivity contribution in [3.05, 3.63) is 99.4 Å². The Morgan fingerprint density at radius 2 is 1.79 bits per heavy atom. The first-order chi connectivity index (χ1) is 18.5. The van der Waals surface area contributed by atoms with Gasteiger partial charge in [-0.15, -0.1) is 0 Å². The summed E-state index contributed by atoms with van der Waals surface area (Å²) in [6, 6.07) is 25.6. The summed E-state index contributed by atoms with van der Waals surface area (Å²) in [4.78, 5) is 17.7. The van der Waals surface area contributed by atoms with E-state index in [0.717, 1.165) is 32.4 Å². The van der Waals surface area contributed by atoms with E-state index in [2.05, 4.69) is 50.5 Å². The second kappa shape index (κ2) is 11.8. The van der Waals surface area contributed by atoms with Gasteiger partial charge in [0, 0.05) is 0 Å². The minimum absolute atomic E-state index is 0.203. The minimum Gasteiger partial charge on any atom is -0.494 e. The van der Waals surface area contributed by atoms with Gasteiger partial charge in [-0.25, -0.2) is 4.99 Å². The van der Waals surface area contributed by atoms with Crippen molar-refractivity contribution in [1.82, 2.24) is 5.32 Å². The Bertz CT molecular complexity index is 1540. The number of nitrogens with one attached hydrogen (secondary N) is 1. The molecular weight excluding hydrogens is 564 g/mol. The number of aliphatic imine (C=N–C) groups is 1. The molecule has 6 nitrogen and oxygen atoms in total. The molecular formula is C30H25BrN2O4S. The van der Waals surface area contributed by atoms with Crippen molar-refractivity contribution in [2.24, 2.45) is 4.99 Å². The van der Waals surface area contributed by atoms with Crippen molar-refractivity contribution in [2.75, 3.05) is 13.7 Å². The number of thioether (sulfide) groups is 1. The predicted molar refractivity (Wildman–Crippen MR) is 157 cm³/mol. The molecule has 0 bridgehead atoms. The molecule has 4 aromatic rings. The van der Waals surface area contributed by atoms with Crippen molar-refractivity contribution >= 4 is 61.3 Å². The quantitative estimate of drug-likeness (QED) is 0.216. The van der Waals surface area contributed by atoms with Crippen LogP contribution in [0.15, 0.2) is 93.2 Å². The number of amides is 1. The number of nitrogens with zero attached hydrogens (tertiary/aromatic N) is 1. The van der Waals surface area contributed by atoms with E-state index in [-0.39, 0.29) is 5.91 Å². The molecule has 1 aliphatic rings. The lowest BCUT2D eigenvalue weighted by Gasteiger charge is -2.15. The molecule has 4 aromatic carbocycles. The van der Waals surface area contributed by atoms with E-state index < -0.39 is 0 Å². The fourth-order valence-electron chi connectivity index (χ4n) is 4.06. The lowest BCUT2D eigenvalue weighted by molar-refractivity contribution is -0.115. The molecule has 0 radical (unpaired) electrons. The summed E-state index contributed by atoms with van der Waals surface area (Å²) in [6.07, 6.45) is 1.81. The zero-order chi connectivity index (χ0) is 26.5. The summed E-state index contributed by atoms with van der Waals surface area (Å²) < 4.78 is 18.0. The van der Waals surface area contributed by atoms with Gasteiger partial charge in [0.05, 0.1) is 28.8 Å². The number of halogens is 1. The van der Waals surface area contributed by atoms with Crippen LogP contribution < -0.4 is 19.5 Å². The van der Waals surface area contributed by atoms with E-state index in [1.165, 1.54) is 17.1 Å². The highest BCUT2D eigenvalue weighted by Gasteiger charge is 2.24. The molecule has 1 N–H and O–H groups in total. The monoisotopic (exact) mass is 588 g/mol. The maximum atomic E-state index is 12.6. The molecule has 192 valence electrons. The van der Waals surface area contributed by atoms with E-state index in [0.29, 0.717) is 34.8 Å². The van der Waals surface area contributed by atoms with Gasteiger partial charge >= 0.3 is 0 Å². The summed E-state index contributed by atoms with van der Waals surface area (Å²) in [5.41, 5.74) is 2.61. The van der Waals surface area contributed by atoms with E-state index in [1.54, 1.807) is 7.11 Å². The van der Waals surface area contributed by atoms with Crippen LogP contribution in [0, 0.1) is 0 Å². The molecule has 1 heterocycles. The van der Waals surface area contributed by atoms with Crippen LogP contribution in [0.3, 0.4) is 0 Å². The third-order valence-corrected chi connectivity index (χ3v) is 7.33. The summed E-state index contributed by atoms with van der Waals surface area (Å²) >= 11 is 4.91. The predicted octanol–water partition coefficient (Wildman–Crippen LogP) is 7.48. The van der Waals surface area contributed by atoms with Crippen LogP contribution >= 0.6 is 27.7 Å². The van der Waals surface area contributed by atoms with Crippen molar-refractivity contribution in [3.8, 4) is 17.2 Å². The number of methoxy groups -OCH3 is 1. The fraction of sp³-hybridized carbons (Fsp3) is 0.133. The Balaban J connectivity index is 1.33. The second-order valence-electron chi connectivity index (χ2n) is 8.37. The molecule has 1 aliphatic heterocycles. The smallest absolute Gasteiger partial charge is 0.264 e. The molecule has 0 saturated carbocycles. The van der Waals surface area contributed by atoms with E-state index in [9.17, 15) is 4.79 Å². The first-order valence-corrected chi connectivity index (χ1v) is 13.6. The number of hydrogen-bond acceptors (Lipinski definition) is 6. The maximum Gasteiger partial charge on any atom is 0.264 e. The van der Waals surface area contributed by atoms with Crippen LogP contribution in [0.5, 0.6) is 17.2 Å². The SMILES string of the molecule is CCOc1ccc(N=C2NC(=O)/C(=C\c3cc(Br)c(OCc4cccc5ccccc45)c(OC)c3)S2)cc1. The molecule has 0 atom stereocenters. The number of carbonyl (C=O) groups is 1. The van der Waals surface area contributed by atoms with E-state index in [4.69, 9.17) is 14.2 Å². The Morgan fingerprint density at radius 3 is 2.58 bits per heavy atom. The topological polar surface area (TPSA) is 69.2 Å². The Labute approximate surface area is 233 Å². The van der Waals surface area contributed by atoms with Crippen LogP contribution in [-0.4, -0.2) is 24.8 Å². The average molecular weight is 590 g/mol. The summed E-state index contributed by atoms with van der Waals surface area (Å²) in [5.74, 6) is 1.75. The van der Waals surface area contributed by atoms with Gasteiger partial charge in [-0.1, -0.05) is 42.5 Å². The van der Waals surface area contributed by atoms with Gasteiger partial charge < -0.3 is 19.5 Å². The molecule has 0 aromatic heterocycles. The zero-order valence-corrected chi connectivity index (χ0v) is 23.3. The standard InChI is InChI=1S/C30H25BrN2O4S/c1-3-36-23-13-11-22(12-14-23)32-30-33-29(34)27(38-30)17-19-15-25(31)28(26(16-19)35-2)37-18-21-9-6-8-20-7-4-5-10-24(20)21/h4-17H,3,18H2,1-2H3,(H,32,33,34)/b27-17+. The van der Waals surface area contributed by atoms with E-state index >= 15 is 0 Å². The summed E-state index contributed by atoms with van der Waals surface area (Å²) in [6.45, 7) is 2.93. The first-order valence-electron chi connectivity index (χ1n) is 12.0. The van der Waals surface area contributed by atoms with Gasteiger partial charge in [0.1, 0.15) is 12.4 Å².